The summed E-state index contributed by atoms with van der Waals surface area (Å²) in [6.45, 7) is 7.30. The van der Waals surface area contributed by atoms with Gasteiger partial charge in [-0.05, 0) is 31.6 Å². The first-order valence-electron chi connectivity index (χ1n) is 7.49. The summed E-state index contributed by atoms with van der Waals surface area (Å²) in [5.74, 6) is -0.642. The molecule has 2 heterocycles. The fraction of sp³-hybridized carbons (Fsp3) is 0.353. The van der Waals surface area contributed by atoms with Crippen LogP contribution in [0.15, 0.2) is 47.5 Å². The Morgan fingerprint density at radius 1 is 1.50 bits per heavy atom. The molecule has 3 atom stereocenters. The van der Waals surface area contributed by atoms with Gasteiger partial charge in [0.15, 0.2) is 11.6 Å². The number of para-hydroxylation sites is 1. The number of benzene rings is 1. The van der Waals surface area contributed by atoms with Gasteiger partial charge in [0.25, 0.3) is 5.91 Å². The molecule has 7 heteroatoms. The largest absolute Gasteiger partial charge is 0.487 e. The highest BCUT2D eigenvalue weighted by Crippen LogP contribution is 2.48. The first-order valence-corrected chi connectivity index (χ1v) is 8.37. The summed E-state index contributed by atoms with van der Waals surface area (Å²) in [6, 6.07) is 8.31. The lowest BCUT2D eigenvalue weighted by Crippen LogP contribution is -2.72. The molecule has 2 aliphatic rings. The van der Waals surface area contributed by atoms with Crippen molar-refractivity contribution in [3.8, 4) is 5.75 Å². The summed E-state index contributed by atoms with van der Waals surface area (Å²) in [5.41, 5.74) is -0.490. The summed E-state index contributed by atoms with van der Waals surface area (Å²) >= 11 is 1.38. The summed E-state index contributed by atoms with van der Waals surface area (Å²) in [6.07, 6.45) is 0. The molecule has 24 heavy (non-hydrogen) atoms. The SMILES string of the molecule is C=C(C)C(C(=O)O)N1C(=O)C2(C)N=C(COc3ccccc3)SC12. The molecule has 1 fully saturated rings. The van der Waals surface area contributed by atoms with Crippen molar-refractivity contribution < 1.29 is 19.4 Å². The molecule has 126 valence electrons. The van der Waals surface area contributed by atoms with Crippen LogP contribution in [0.5, 0.6) is 5.75 Å². The van der Waals surface area contributed by atoms with Crippen LogP contribution in [0.3, 0.4) is 0 Å². The number of carboxylic acids is 1. The minimum Gasteiger partial charge on any atom is -0.487 e. The van der Waals surface area contributed by atoms with Crippen LogP contribution in [0.4, 0.5) is 0 Å². The number of β-lactam (4-membered cyclic amide) rings is 1. The Balaban J connectivity index is 1.72. The van der Waals surface area contributed by atoms with E-state index in [1.165, 1.54) is 16.7 Å². The van der Waals surface area contributed by atoms with E-state index in [0.717, 1.165) is 5.75 Å². The van der Waals surface area contributed by atoms with E-state index in [0.29, 0.717) is 10.6 Å². The number of nitrogens with zero attached hydrogens (tertiary/aromatic N) is 2. The molecule has 0 aliphatic carbocycles. The fourth-order valence-electron chi connectivity index (χ4n) is 2.91. The van der Waals surface area contributed by atoms with Crippen LogP contribution < -0.4 is 4.74 Å². The van der Waals surface area contributed by atoms with Crippen molar-refractivity contribution in [3.05, 3.63) is 42.5 Å². The van der Waals surface area contributed by atoms with Crippen molar-refractivity contribution in [2.45, 2.75) is 30.8 Å². The maximum Gasteiger partial charge on any atom is 0.330 e. The van der Waals surface area contributed by atoms with Crippen molar-refractivity contribution in [2.75, 3.05) is 6.61 Å². The van der Waals surface area contributed by atoms with E-state index < -0.39 is 17.6 Å². The van der Waals surface area contributed by atoms with Gasteiger partial charge in [-0.3, -0.25) is 9.79 Å². The van der Waals surface area contributed by atoms with E-state index in [9.17, 15) is 14.7 Å². The molecule has 0 saturated carbocycles. The number of likely N-dealkylation sites (tertiary alicyclic amines) is 1. The lowest BCUT2D eigenvalue weighted by Gasteiger charge is -2.50. The average Bonchev–Trinajstić information content (AvgIpc) is 2.84. The first kappa shape index (κ1) is 16.6. The summed E-state index contributed by atoms with van der Waals surface area (Å²) in [4.78, 5) is 29.8. The molecule has 1 amide bonds. The lowest BCUT2D eigenvalue weighted by atomic mass is 9.88. The van der Waals surface area contributed by atoms with E-state index >= 15 is 0 Å². The predicted octanol–water partition coefficient (Wildman–Crippen LogP) is 2.17. The number of hydrogen-bond acceptors (Lipinski definition) is 5. The van der Waals surface area contributed by atoms with Gasteiger partial charge in [-0.25, -0.2) is 4.79 Å². The third-order valence-electron chi connectivity index (χ3n) is 4.09. The van der Waals surface area contributed by atoms with E-state index in [-0.39, 0.29) is 17.9 Å². The number of carboxylic acid groups (broad SMARTS) is 1. The van der Waals surface area contributed by atoms with Crippen LogP contribution in [0, 0.1) is 0 Å². The molecule has 3 rings (SSSR count). The second-order valence-corrected chi connectivity index (χ2v) is 7.18. The summed E-state index contributed by atoms with van der Waals surface area (Å²) < 4.78 is 5.67. The van der Waals surface area contributed by atoms with Gasteiger partial charge in [0.1, 0.15) is 22.8 Å². The number of fused-ring (bicyclic) bond motifs is 1. The number of amides is 1. The number of rotatable bonds is 6. The van der Waals surface area contributed by atoms with Gasteiger partial charge in [0, 0.05) is 0 Å². The van der Waals surface area contributed by atoms with Crippen LogP contribution in [-0.2, 0) is 9.59 Å². The molecule has 0 spiro atoms. The lowest BCUT2D eigenvalue weighted by molar-refractivity contribution is -0.162. The van der Waals surface area contributed by atoms with Crippen LogP contribution in [-0.4, -0.2) is 50.5 Å². The Hall–Kier alpha value is -2.28. The first-order chi connectivity index (χ1) is 11.3. The maximum absolute atomic E-state index is 12.5. The van der Waals surface area contributed by atoms with Gasteiger partial charge < -0.3 is 14.7 Å². The normalized spacial score (nSPS) is 26.2. The number of aliphatic imine (C=N–C) groups is 1. The highest BCUT2D eigenvalue weighted by Gasteiger charge is 2.64. The smallest absolute Gasteiger partial charge is 0.330 e. The van der Waals surface area contributed by atoms with Crippen LogP contribution >= 0.6 is 11.8 Å². The third-order valence-corrected chi connectivity index (χ3v) is 5.48. The van der Waals surface area contributed by atoms with Gasteiger partial charge in [-0.2, -0.15) is 0 Å². The number of carbonyl (C=O) groups excluding carboxylic acids is 1. The van der Waals surface area contributed by atoms with Gasteiger partial charge in [-0.15, -0.1) is 0 Å². The topological polar surface area (TPSA) is 79.2 Å². The second-order valence-electron chi connectivity index (χ2n) is 6.02. The van der Waals surface area contributed by atoms with Crippen LogP contribution in [0.1, 0.15) is 13.8 Å². The van der Waals surface area contributed by atoms with E-state index in [1.54, 1.807) is 13.8 Å². The molecule has 0 bridgehead atoms. The molecule has 1 saturated heterocycles. The van der Waals surface area contributed by atoms with E-state index in [2.05, 4.69) is 11.6 Å². The summed E-state index contributed by atoms with van der Waals surface area (Å²) in [5, 5.41) is 9.74. The average molecular weight is 346 g/mol. The Bertz CT molecular complexity index is 719. The fourth-order valence-corrected chi connectivity index (χ4v) is 4.26. The van der Waals surface area contributed by atoms with Gasteiger partial charge in [0.2, 0.25) is 0 Å². The van der Waals surface area contributed by atoms with Crippen LogP contribution in [0.2, 0.25) is 0 Å². The Kier molecular flexibility index (Phi) is 4.13. The van der Waals surface area contributed by atoms with Crippen LogP contribution in [0.25, 0.3) is 0 Å². The number of hydrogen-bond donors (Lipinski definition) is 1. The van der Waals surface area contributed by atoms with Crippen molar-refractivity contribution >= 4 is 28.7 Å². The second kappa shape index (κ2) is 5.98. The highest BCUT2D eigenvalue weighted by molar-refractivity contribution is 8.15. The molecule has 6 nitrogen and oxygen atoms in total. The quantitative estimate of drug-likeness (QED) is 0.631. The Morgan fingerprint density at radius 3 is 2.75 bits per heavy atom. The van der Waals surface area contributed by atoms with E-state index in [4.69, 9.17) is 4.74 Å². The van der Waals surface area contributed by atoms with Crippen molar-refractivity contribution in [1.29, 1.82) is 0 Å². The molecular weight excluding hydrogens is 328 g/mol. The number of aliphatic carboxylic acids is 1. The number of thioether (sulfide) groups is 1. The molecule has 1 N–H and O–H groups in total. The standard InChI is InChI=1S/C17H18N2O4S/c1-10(2)13(14(20)21)19-15(22)17(3)16(19)24-12(18-17)9-23-11-7-5-4-6-8-11/h4-8,13,16H,1,9H2,2-3H3,(H,20,21). The zero-order chi connectivity index (χ0) is 17.5. The van der Waals surface area contributed by atoms with Crippen molar-refractivity contribution in [2.24, 2.45) is 4.99 Å². The summed E-state index contributed by atoms with van der Waals surface area (Å²) in [7, 11) is 0. The highest BCUT2D eigenvalue weighted by atomic mass is 32.2. The minimum absolute atomic E-state index is 0.257. The van der Waals surface area contributed by atoms with Gasteiger partial charge >= 0.3 is 5.97 Å². The molecule has 2 aliphatic heterocycles. The van der Waals surface area contributed by atoms with Gasteiger partial charge in [-0.1, -0.05) is 36.5 Å². The van der Waals surface area contributed by atoms with E-state index in [1.807, 2.05) is 30.3 Å². The zero-order valence-electron chi connectivity index (χ0n) is 13.4. The van der Waals surface area contributed by atoms with Crippen molar-refractivity contribution in [1.82, 2.24) is 4.90 Å². The molecule has 0 radical (unpaired) electrons. The molecule has 0 aromatic heterocycles. The number of ether oxygens (including phenoxy) is 1. The Morgan fingerprint density at radius 2 is 2.17 bits per heavy atom. The van der Waals surface area contributed by atoms with Crippen molar-refractivity contribution in [3.63, 3.8) is 0 Å². The molecule has 1 aromatic carbocycles. The Labute approximate surface area is 144 Å². The molecular formula is C17H18N2O4S. The number of carbonyl (C=O) groups is 2. The molecule has 1 aromatic rings. The maximum atomic E-state index is 12.5. The monoisotopic (exact) mass is 346 g/mol. The zero-order valence-corrected chi connectivity index (χ0v) is 14.2. The molecule has 3 unspecified atom stereocenters. The minimum atomic E-state index is -1.08. The predicted molar refractivity (Wildman–Crippen MR) is 92.2 cm³/mol. The van der Waals surface area contributed by atoms with Gasteiger partial charge in [0.05, 0.1) is 0 Å². The third kappa shape index (κ3) is 2.58.